The van der Waals surface area contributed by atoms with Gasteiger partial charge in [0.1, 0.15) is 5.75 Å². The van der Waals surface area contributed by atoms with Crippen molar-refractivity contribution in [3.05, 3.63) is 30.3 Å². The Labute approximate surface area is 108 Å². The molecule has 0 saturated heterocycles. The molecule has 0 spiro atoms. The standard InChI is InChI=1S/C13H21N3O2/c1-2-12(13(14)16-17)15-9-6-10-18-11-7-4-3-5-8-11/h3-5,7-8,12,15,17H,2,6,9-10H2,1H3,(H2,14,16). The summed E-state index contributed by atoms with van der Waals surface area (Å²) in [6.07, 6.45) is 1.65. The second-order valence-electron chi connectivity index (χ2n) is 3.95. The molecule has 0 aliphatic carbocycles. The van der Waals surface area contributed by atoms with Crippen LogP contribution in [0.3, 0.4) is 0 Å². The first-order chi connectivity index (χ1) is 8.77. The van der Waals surface area contributed by atoms with Crippen LogP contribution in [0.5, 0.6) is 5.75 Å². The fourth-order valence-corrected chi connectivity index (χ4v) is 1.58. The van der Waals surface area contributed by atoms with Crippen molar-refractivity contribution in [3.63, 3.8) is 0 Å². The van der Waals surface area contributed by atoms with Crippen LogP contribution in [0.4, 0.5) is 0 Å². The van der Waals surface area contributed by atoms with Gasteiger partial charge in [0, 0.05) is 0 Å². The number of rotatable bonds is 8. The van der Waals surface area contributed by atoms with Crippen molar-refractivity contribution in [2.24, 2.45) is 10.9 Å². The minimum Gasteiger partial charge on any atom is -0.494 e. The third-order valence-electron chi connectivity index (χ3n) is 2.60. The Morgan fingerprint density at radius 3 is 2.78 bits per heavy atom. The first kappa shape index (κ1) is 14.3. The zero-order chi connectivity index (χ0) is 13.2. The average molecular weight is 251 g/mol. The van der Waals surface area contributed by atoms with Gasteiger partial charge in [0.25, 0.3) is 0 Å². The van der Waals surface area contributed by atoms with E-state index in [1.54, 1.807) is 0 Å². The van der Waals surface area contributed by atoms with Gasteiger partial charge in [-0.2, -0.15) is 0 Å². The Balaban J connectivity index is 2.15. The molecule has 0 heterocycles. The number of nitrogens with two attached hydrogens (primary N) is 1. The molecular formula is C13H21N3O2. The molecule has 0 aliphatic heterocycles. The van der Waals surface area contributed by atoms with Crippen molar-refractivity contribution >= 4 is 5.84 Å². The van der Waals surface area contributed by atoms with Gasteiger partial charge in [0.2, 0.25) is 0 Å². The number of ether oxygens (including phenoxy) is 1. The predicted molar refractivity (Wildman–Crippen MR) is 72.0 cm³/mol. The van der Waals surface area contributed by atoms with E-state index in [9.17, 15) is 0 Å². The second-order valence-corrected chi connectivity index (χ2v) is 3.95. The van der Waals surface area contributed by atoms with Gasteiger partial charge in [-0.25, -0.2) is 0 Å². The lowest BCUT2D eigenvalue weighted by Gasteiger charge is -2.15. The summed E-state index contributed by atoms with van der Waals surface area (Å²) in [4.78, 5) is 0. The number of benzene rings is 1. The van der Waals surface area contributed by atoms with E-state index in [4.69, 9.17) is 15.7 Å². The highest BCUT2D eigenvalue weighted by Gasteiger charge is 2.09. The molecule has 1 rings (SSSR count). The van der Waals surface area contributed by atoms with Crippen molar-refractivity contribution in [2.75, 3.05) is 13.2 Å². The van der Waals surface area contributed by atoms with Crippen LogP contribution in [0.15, 0.2) is 35.5 Å². The number of nitrogens with zero attached hydrogens (tertiary/aromatic N) is 1. The fourth-order valence-electron chi connectivity index (χ4n) is 1.58. The summed E-state index contributed by atoms with van der Waals surface area (Å²) in [5.41, 5.74) is 5.54. The molecule has 0 aliphatic rings. The minimum absolute atomic E-state index is 0.0771. The zero-order valence-corrected chi connectivity index (χ0v) is 10.7. The van der Waals surface area contributed by atoms with E-state index in [1.165, 1.54) is 0 Å². The highest BCUT2D eigenvalue weighted by atomic mass is 16.5. The van der Waals surface area contributed by atoms with Gasteiger partial charge < -0.3 is 21.0 Å². The molecule has 5 nitrogen and oxygen atoms in total. The molecule has 0 saturated carbocycles. The SMILES string of the molecule is CCC(NCCCOc1ccccc1)/C(N)=N/O. The van der Waals surface area contributed by atoms with E-state index in [1.807, 2.05) is 37.3 Å². The van der Waals surface area contributed by atoms with Crippen LogP contribution in [0.25, 0.3) is 0 Å². The average Bonchev–Trinajstić information content (AvgIpc) is 2.43. The Hall–Kier alpha value is -1.75. The lowest BCUT2D eigenvalue weighted by molar-refractivity contribution is 0.303. The molecule has 5 heteroatoms. The monoisotopic (exact) mass is 251 g/mol. The van der Waals surface area contributed by atoms with Gasteiger partial charge in [0.15, 0.2) is 5.84 Å². The number of nitrogens with one attached hydrogen (secondary N) is 1. The Bertz CT molecular complexity index is 355. The molecule has 1 atom stereocenters. The molecule has 0 aromatic heterocycles. The molecule has 0 fully saturated rings. The minimum atomic E-state index is -0.0771. The van der Waals surface area contributed by atoms with Crippen molar-refractivity contribution in [1.82, 2.24) is 5.32 Å². The maximum atomic E-state index is 8.59. The van der Waals surface area contributed by atoms with Crippen LogP contribution < -0.4 is 15.8 Å². The summed E-state index contributed by atoms with van der Waals surface area (Å²) in [6, 6.07) is 9.62. The van der Waals surface area contributed by atoms with Crippen LogP contribution in [-0.2, 0) is 0 Å². The van der Waals surface area contributed by atoms with E-state index in [-0.39, 0.29) is 11.9 Å². The highest BCUT2D eigenvalue weighted by molar-refractivity contribution is 5.85. The normalized spacial score (nSPS) is 13.3. The van der Waals surface area contributed by atoms with Crippen LogP contribution >= 0.6 is 0 Å². The second kappa shape index (κ2) is 8.36. The van der Waals surface area contributed by atoms with Gasteiger partial charge in [0.05, 0.1) is 12.6 Å². The van der Waals surface area contributed by atoms with Crippen molar-refractivity contribution < 1.29 is 9.94 Å². The molecule has 18 heavy (non-hydrogen) atoms. The van der Waals surface area contributed by atoms with Gasteiger partial charge >= 0.3 is 0 Å². The molecule has 1 aromatic carbocycles. The zero-order valence-electron chi connectivity index (χ0n) is 10.7. The van der Waals surface area contributed by atoms with E-state index in [0.717, 1.165) is 25.1 Å². The summed E-state index contributed by atoms with van der Waals surface area (Å²) >= 11 is 0. The number of hydrogen-bond donors (Lipinski definition) is 3. The number of oxime groups is 1. The van der Waals surface area contributed by atoms with E-state index < -0.39 is 0 Å². The molecule has 0 amide bonds. The summed E-state index contributed by atoms with van der Waals surface area (Å²) in [6.45, 7) is 3.39. The Kier molecular flexibility index (Phi) is 6.64. The summed E-state index contributed by atoms with van der Waals surface area (Å²) in [7, 11) is 0. The number of para-hydroxylation sites is 1. The first-order valence-electron chi connectivity index (χ1n) is 6.16. The van der Waals surface area contributed by atoms with Crippen molar-refractivity contribution in [3.8, 4) is 5.75 Å². The topological polar surface area (TPSA) is 79.9 Å². The van der Waals surface area contributed by atoms with Crippen LogP contribution in [0, 0.1) is 0 Å². The number of amidine groups is 1. The number of hydrogen-bond acceptors (Lipinski definition) is 4. The maximum Gasteiger partial charge on any atom is 0.156 e. The summed E-state index contributed by atoms with van der Waals surface area (Å²) < 4.78 is 5.56. The van der Waals surface area contributed by atoms with Crippen molar-refractivity contribution in [1.29, 1.82) is 0 Å². The fraction of sp³-hybridized carbons (Fsp3) is 0.462. The maximum absolute atomic E-state index is 8.59. The van der Waals surface area contributed by atoms with Crippen molar-refractivity contribution in [2.45, 2.75) is 25.8 Å². The molecule has 1 unspecified atom stereocenters. The van der Waals surface area contributed by atoms with Gasteiger partial charge in [-0.1, -0.05) is 30.3 Å². The van der Waals surface area contributed by atoms with E-state index in [0.29, 0.717) is 6.61 Å². The highest BCUT2D eigenvalue weighted by Crippen LogP contribution is 2.08. The van der Waals surface area contributed by atoms with Crippen LogP contribution in [0.2, 0.25) is 0 Å². The molecule has 100 valence electrons. The first-order valence-corrected chi connectivity index (χ1v) is 6.16. The summed E-state index contributed by atoms with van der Waals surface area (Å²) in [5.74, 6) is 1.10. The predicted octanol–water partition coefficient (Wildman–Crippen LogP) is 1.57. The van der Waals surface area contributed by atoms with E-state index >= 15 is 0 Å². The third-order valence-corrected chi connectivity index (χ3v) is 2.60. The molecule has 4 N–H and O–H groups in total. The molecule has 0 radical (unpaired) electrons. The summed E-state index contributed by atoms with van der Waals surface area (Å²) in [5, 5.41) is 14.8. The lowest BCUT2D eigenvalue weighted by atomic mass is 10.2. The van der Waals surface area contributed by atoms with Gasteiger partial charge in [-0.15, -0.1) is 0 Å². The van der Waals surface area contributed by atoms with Crippen LogP contribution in [0.1, 0.15) is 19.8 Å². The lowest BCUT2D eigenvalue weighted by Crippen LogP contribution is -2.41. The van der Waals surface area contributed by atoms with Crippen LogP contribution in [-0.4, -0.2) is 30.2 Å². The Morgan fingerprint density at radius 2 is 2.17 bits per heavy atom. The third kappa shape index (κ3) is 5.05. The molecule has 0 bridgehead atoms. The Morgan fingerprint density at radius 1 is 1.44 bits per heavy atom. The van der Waals surface area contributed by atoms with Gasteiger partial charge in [-0.3, -0.25) is 0 Å². The largest absolute Gasteiger partial charge is 0.494 e. The van der Waals surface area contributed by atoms with Gasteiger partial charge in [-0.05, 0) is 31.5 Å². The molecule has 1 aromatic rings. The molecular weight excluding hydrogens is 230 g/mol. The quantitative estimate of drug-likeness (QED) is 0.215. The smallest absolute Gasteiger partial charge is 0.156 e. The van der Waals surface area contributed by atoms with E-state index in [2.05, 4.69) is 10.5 Å².